The van der Waals surface area contributed by atoms with Crippen molar-refractivity contribution in [3.63, 3.8) is 0 Å². The fraction of sp³-hybridized carbons (Fsp3) is 0.786. The Morgan fingerprint density at radius 2 is 2.26 bits per heavy atom. The first-order valence-corrected chi connectivity index (χ1v) is 8.05. The normalized spacial score (nSPS) is 18.5. The summed E-state index contributed by atoms with van der Waals surface area (Å²) in [6.45, 7) is 5.63. The van der Waals surface area contributed by atoms with Crippen LogP contribution in [0, 0.1) is 0 Å². The van der Waals surface area contributed by atoms with E-state index in [2.05, 4.69) is 11.9 Å². The number of hydrogen-bond donors (Lipinski definition) is 1. The first kappa shape index (κ1) is 18.8. The summed E-state index contributed by atoms with van der Waals surface area (Å²) >= 11 is 1.94. The highest BCUT2D eigenvalue weighted by Crippen LogP contribution is 2.11. The Hall–Kier alpha value is -0.190. The molecule has 1 atom stereocenters. The Kier molecular flexibility index (Phi) is 11.5. The second kappa shape index (κ2) is 11.6. The fourth-order valence-corrected chi connectivity index (χ4v) is 3.01. The van der Waals surface area contributed by atoms with Crippen LogP contribution in [0.25, 0.3) is 0 Å². The third kappa shape index (κ3) is 8.56. The van der Waals surface area contributed by atoms with Gasteiger partial charge in [0, 0.05) is 44.1 Å². The molecule has 1 saturated heterocycles. The number of carbonyl (C=O) groups is 1. The van der Waals surface area contributed by atoms with Gasteiger partial charge in [0.1, 0.15) is 0 Å². The highest BCUT2D eigenvalue weighted by atomic mass is 35.5. The van der Waals surface area contributed by atoms with Crippen molar-refractivity contribution in [2.24, 2.45) is 0 Å². The number of amides is 1. The quantitative estimate of drug-likeness (QED) is 0.553. The van der Waals surface area contributed by atoms with Gasteiger partial charge in [-0.15, -0.1) is 19.0 Å². The van der Waals surface area contributed by atoms with E-state index in [0.29, 0.717) is 12.5 Å². The summed E-state index contributed by atoms with van der Waals surface area (Å²) in [5, 5.41) is 3.41. The topological polar surface area (TPSA) is 32.3 Å². The lowest BCUT2D eigenvalue weighted by atomic mass is 10.1. The summed E-state index contributed by atoms with van der Waals surface area (Å²) < 4.78 is 0. The minimum Gasteiger partial charge on any atom is -0.346 e. The van der Waals surface area contributed by atoms with Gasteiger partial charge >= 0.3 is 0 Å². The molecule has 0 radical (unpaired) electrons. The zero-order valence-electron chi connectivity index (χ0n) is 11.9. The second-order valence-electron chi connectivity index (χ2n) is 4.88. The van der Waals surface area contributed by atoms with Crippen molar-refractivity contribution in [1.82, 2.24) is 10.2 Å². The lowest BCUT2D eigenvalue weighted by molar-refractivity contribution is -0.130. The Morgan fingerprint density at radius 3 is 2.89 bits per heavy atom. The van der Waals surface area contributed by atoms with Crippen molar-refractivity contribution in [2.45, 2.75) is 38.1 Å². The third-order valence-corrected chi connectivity index (χ3v) is 4.38. The zero-order chi connectivity index (χ0) is 13.2. The molecule has 0 aromatic rings. The average molecular weight is 307 g/mol. The minimum atomic E-state index is 0. The summed E-state index contributed by atoms with van der Waals surface area (Å²) in [4.78, 5) is 13.9. The van der Waals surface area contributed by atoms with Gasteiger partial charge in [-0.1, -0.05) is 12.5 Å². The smallest absolute Gasteiger partial charge is 0.223 e. The van der Waals surface area contributed by atoms with Gasteiger partial charge in [0.2, 0.25) is 5.91 Å². The molecule has 112 valence electrons. The highest BCUT2D eigenvalue weighted by Gasteiger charge is 2.18. The molecule has 1 rings (SSSR count). The molecule has 0 bridgehead atoms. The number of nitrogens with zero attached hydrogens (tertiary/aromatic N) is 1. The lowest BCUT2D eigenvalue weighted by Gasteiger charge is -2.25. The van der Waals surface area contributed by atoms with Crippen LogP contribution in [0.2, 0.25) is 0 Å². The molecule has 1 heterocycles. The fourth-order valence-electron chi connectivity index (χ4n) is 2.06. The van der Waals surface area contributed by atoms with Crippen molar-refractivity contribution >= 4 is 30.1 Å². The summed E-state index contributed by atoms with van der Waals surface area (Å²) in [6.07, 6.45) is 7.16. The Bertz CT molecular complexity index is 258. The van der Waals surface area contributed by atoms with Crippen molar-refractivity contribution < 1.29 is 4.79 Å². The number of rotatable bonds is 8. The van der Waals surface area contributed by atoms with Crippen LogP contribution >= 0.6 is 24.2 Å². The third-order valence-electron chi connectivity index (χ3n) is 3.25. The molecule has 0 aliphatic carbocycles. The monoisotopic (exact) mass is 306 g/mol. The SMILES string of the molecule is C=CCCCCCN(C)C(=O)CC1CSCCN1.Cl. The number of thioether (sulfide) groups is 1. The van der Waals surface area contributed by atoms with Crippen LogP contribution in [0.15, 0.2) is 12.7 Å². The van der Waals surface area contributed by atoms with Crippen LogP contribution in [-0.4, -0.2) is 48.5 Å². The van der Waals surface area contributed by atoms with Crippen molar-refractivity contribution in [1.29, 1.82) is 0 Å². The minimum absolute atomic E-state index is 0. The first-order chi connectivity index (χ1) is 8.74. The van der Waals surface area contributed by atoms with Crippen LogP contribution in [0.5, 0.6) is 0 Å². The van der Waals surface area contributed by atoms with Crippen molar-refractivity contribution in [2.75, 3.05) is 31.6 Å². The van der Waals surface area contributed by atoms with Crippen LogP contribution < -0.4 is 5.32 Å². The van der Waals surface area contributed by atoms with Crippen LogP contribution in [0.1, 0.15) is 32.1 Å². The second-order valence-corrected chi connectivity index (χ2v) is 6.03. The number of carbonyl (C=O) groups excluding carboxylic acids is 1. The molecular formula is C14H27ClN2OS. The van der Waals surface area contributed by atoms with Gasteiger partial charge in [-0.05, 0) is 19.3 Å². The van der Waals surface area contributed by atoms with Gasteiger partial charge in [0.25, 0.3) is 0 Å². The van der Waals surface area contributed by atoms with E-state index in [-0.39, 0.29) is 18.3 Å². The lowest BCUT2D eigenvalue weighted by Crippen LogP contribution is -2.41. The molecule has 5 heteroatoms. The van der Waals surface area contributed by atoms with Crippen molar-refractivity contribution in [3.05, 3.63) is 12.7 Å². The maximum Gasteiger partial charge on any atom is 0.223 e. The Balaban J connectivity index is 0.00000324. The molecule has 19 heavy (non-hydrogen) atoms. The molecule has 1 fully saturated rings. The standard InChI is InChI=1S/C14H26N2OS.ClH/c1-3-4-5-6-7-9-16(2)14(17)11-13-12-18-10-8-15-13;/h3,13,15H,1,4-12H2,2H3;1H. The molecule has 0 aromatic carbocycles. The van der Waals surface area contributed by atoms with Crippen LogP contribution in [0.4, 0.5) is 0 Å². The summed E-state index contributed by atoms with van der Waals surface area (Å²) in [6, 6.07) is 0.375. The molecule has 0 saturated carbocycles. The van der Waals surface area contributed by atoms with E-state index in [1.165, 1.54) is 18.6 Å². The Morgan fingerprint density at radius 1 is 1.47 bits per heavy atom. The van der Waals surface area contributed by atoms with Gasteiger partial charge in [-0.3, -0.25) is 4.79 Å². The zero-order valence-corrected chi connectivity index (χ0v) is 13.5. The highest BCUT2D eigenvalue weighted by molar-refractivity contribution is 7.99. The molecule has 1 amide bonds. The molecule has 0 aromatic heterocycles. The van der Waals surface area contributed by atoms with Gasteiger partial charge < -0.3 is 10.2 Å². The van der Waals surface area contributed by atoms with Crippen molar-refractivity contribution in [3.8, 4) is 0 Å². The van der Waals surface area contributed by atoms with Gasteiger partial charge in [0.05, 0.1) is 0 Å². The summed E-state index contributed by atoms with van der Waals surface area (Å²) in [7, 11) is 1.92. The molecular weight excluding hydrogens is 280 g/mol. The maximum absolute atomic E-state index is 12.0. The van der Waals surface area contributed by atoms with E-state index >= 15 is 0 Å². The predicted octanol–water partition coefficient (Wildman–Crippen LogP) is 2.71. The largest absolute Gasteiger partial charge is 0.346 e. The van der Waals surface area contributed by atoms with E-state index in [9.17, 15) is 4.79 Å². The molecule has 1 N–H and O–H groups in total. The molecule has 1 aliphatic heterocycles. The van der Waals surface area contributed by atoms with E-state index in [1.54, 1.807) is 0 Å². The predicted molar refractivity (Wildman–Crippen MR) is 87.3 cm³/mol. The Labute approximate surface area is 128 Å². The van der Waals surface area contributed by atoms with E-state index < -0.39 is 0 Å². The van der Waals surface area contributed by atoms with Gasteiger partial charge in [-0.2, -0.15) is 11.8 Å². The number of unbranched alkanes of at least 4 members (excludes halogenated alkanes) is 3. The van der Waals surface area contributed by atoms with E-state index in [0.717, 1.165) is 31.7 Å². The summed E-state index contributed by atoms with van der Waals surface area (Å²) in [5.41, 5.74) is 0. The number of nitrogens with one attached hydrogen (secondary N) is 1. The van der Waals surface area contributed by atoms with E-state index in [1.807, 2.05) is 29.8 Å². The number of hydrogen-bond acceptors (Lipinski definition) is 3. The first-order valence-electron chi connectivity index (χ1n) is 6.90. The van der Waals surface area contributed by atoms with Crippen LogP contribution in [-0.2, 0) is 4.79 Å². The van der Waals surface area contributed by atoms with Gasteiger partial charge in [0.15, 0.2) is 0 Å². The molecule has 1 aliphatic rings. The average Bonchev–Trinajstić information content (AvgIpc) is 2.39. The van der Waals surface area contributed by atoms with E-state index in [4.69, 9.17) is 0 Å². The number of allylic oxidation sites excluding steroid dienone is 1. The molecule has 3 nitrogen and oxygen atoms in total. The molecule has 0 spiro atoms. The van der Waals surface area contributed by atoms with Crippen LogP contribution in [0.3, 0.4) is 0 Å². The maximum atomic E-state index is 12.0. The number of halogens is 1. The van der Waals surface area contributed by atoms with Gasteiger partial charge in [-0.25, -0.2) is 0 Å². The molecule has 1 unspecified atom stereocenters. The summed E-state index contributed by atoms with van der Waals surface area (Å²) in [5.74, 6) is 2.52.